The van der Waals surface area contributed by atoms with Crippen molar-refractivity contribution < 1.29 is 14.6 Å². The third-order valence-corrected chi connectivity index (χ3v) is 4.41. The van der Waals surface area contributed by atoms with Crippen molar-refractivity contribution in [2.75, 3.05) is 13.2 Å². The summed E-state index contributed by atoms with van der Waals surface area (Å²) in [7, 11) is 0. The number of benzene rings is 1. The molecule has 1 N–H and O–H groups in total. The molecule has 4 heteroatoms. The molecule has 0 spiro atoms. The molecule has 3 nitrogen and oxygen atoms in total. The van der Waals surface area contributed by atoms with Gasteiger partial charge in [-0.1, -0.05) is 23.7 Å². The molecule has 18 heavy (non-hydrogen) atoms. The molecule has 1 unspecified atom stereocenters. The molecule has 1 aromatic rings. The van der Waals surface area contributed by atoms with Crippen molar-refractivity contribution in [3.63, 3.8) is 0 Å². The van der Waals surface area contributed by atoms with E-state index in [1.54, 1.807) is 0 Å². The van der Waals surface area contributed by atoms with Gasteiger partial charge >= 0.3 is 5.97 Å². The van der Waals surface area contributed by atoms with Crippen LogP contribution in [0.1, 0.15) is 36.3 Å². The average Bonchev–Trinajstić information content (AvgIpc) is 2.99. The molecule has 2 fully saturated rings. The Bertz CT molecular complexity index is 488. The minimum Gasteiger partial charge on any atom is -0.481 e. The number of carboxylic acids is 1. The molecule has 96 valence electrons. The van der Waals surface area contributed by atoms with Crippen molar-refractivity contribution in [2.24, 2.45) is 0 Å². The van der Waals surface area contributed by atoms with Crippen molar-refractivity contribution in [2.45, 2.75) is 30.6 Å². The lowest BCUT2D eigenvalue weighted by atomic mass is 9.91. The van der Waals surface area contributed by atoms with Gasteiger partial charge in [0.15, 0.2) is 0 Å². The lowest BCUT2D eigenvalue weighted by Crippen LogP contribution is -2.19. The van der Waals surface area contributed by atoms with Crippen LogP contribution in [0.15, 0.2) is 18.2 Å². The highest BCUT2D eigenvalue weighted by Crippen LogP contribution is 2.49. The number of carboxylic acid groups (broad SMARTS) is 1. The van der Waals surface area contributed by atoms with E-state index < -0.39 is 11.4 Å². The van der Waals surface area contributed by atoms with E-state index in [0.29, 0.717) is 30.4 Å². The van der Waals surface area contributed by atoms with Gasteiger partial charge in [0, 0.05) is 17.5 Å². The van der Waals surface area contributed by atoms with Crippen LogP contribution in [0.3, 0.4) is 0 Å². The quantitative estimate of drug-likeness (QED) is 0.915. The summed E-state index contributed by atoms with van der Waals surface area (Å²) in [6.45, 7) is 1.49. The summed E-state index contributed by atoms with van der Waals surface area (Å²) in [6.07, 6.45) is 2.41. The maximum Gasteiger partial charge on any atom is 0.314 e. The van der Waals surface area contributed by atoms with E-state index in [1.807, 2.05) is 18.2 Å². The van der Waals surface area contributed by atoms with Crippen molar-refractivity contribution in [1.29, 1.82) is 0 Å². The van der Waals surface area contributed by atoms with Crippen LogP contribution in [0.25, 0.3) is 0 Å². The van der Waals surface area contributed by atoms with E-state index in [9.17, 15) is 9.90 Å². The maximum absolute atomic E-state index is 11.3. The summed E-state index contributed by atoms with van der Waals surface area (Å²) in [6, 6.07) is 5.72. The van der Waals surface area contributed by atoms with E-state index in [1.165, 1.54) is 0 Å². The van der Waals surface area contributed by atoms with E-state index in [0.717, 1.165) is 24.2 Å². The fourth-order valence-corrected chi connectivity index (χ4v) is 3.02. The van der Waals surface area contributed by atoms with Crippen LogP contribution in [-0.2, 0) is 14.9 Å². The fraction of sp³-hybridized carbons (Fsp3) is 0.500. The second-order valence-electron chi connectivity index (χ2n) is 5.18. The number of ether oxygens (including phenoxy) is 1. The highest BCUT2D eigenvalue weighted by molar-refractivity contribution is 6.31. The lowest BCUT2D eigenvalue weighted by Gasteiger charge is -2.15. The predicted molar refractivity (Wildman–Crippen MR) is 68.2 cm³/mol. The molecule has 1 aromatic carbocycles. The summed E-state index contributed by atoms with van der Waals surface area (Å²) in [5.74, 6) is -0.387. The zero-order valence-electron chi connectivity index (χ0n) is 9.99. The Labute approximate surface area is 111 Å². The van der Waals surface area contributed by atoms with E-state index >= 15 is 0 Å². The molecule has 1 saturated carbocycles. The van der Waals surface area contributed by atoms with Gasteiger partial charge in [-0.15, -0.1) is 0 Å². The normalized spacial score (nSPS) is 25.1. The van der Waals surface area contributed by atoms with E-state index in [4.69, 9.17) is 16.3 Å². The van der Waals surface area contributed by atoms with Crippen molar-refractivity contribution >= 4 is 17.6 Å². The molecular formula is C14H15ClO3. The van der Waals surface area contributed by atoms with Gasteiger partial charge in [0.25, 0.3) is 0 Å². The van der Waals surface area contributed by atoms with E-state index in [-0.39, 0.29) is 0 Å². The van der Waals surface area contributed by atoms with Crippen molar-refractivity contribution in [1.82, 2.24) is 0 Å². The number of carbonyl (C=O) groups is 1. The Hall–Kier alpha value is -1.06. The van der Waals surface area contributed by atoms with Crippen LogP contribution < -0.4 is 0 Å². The standard InChI is InChI=1S/C14H15ClO3/c15-12-7-10(14(4-5-14)13(16)17)1-2-11(12)9-3-6-18-8-9/h1-2,7,9H,3-6,8H2,(H,16,17). The topological polar surface area (TPSA) is 46.5 Å². The van der Waals surface area contributed by atoms with Gasteiger partial charge in [0.05, 0.1) is 12.0 Å². The summed E-state index contributed by atoms with van der Waals surface area (Å²) in [4.78, 5) is 11.3. The Morgan fingerprint density at radius 3 is 2.72 bits per heavy atom. The first kappa shape index (κ1) is 12.0. The van der Waals surface area contributed by atoms with Gasteiger partial charge in [-0.05, 0) is 36.5 Å². The molecule has 1 aliphatic heterocycles. The molecule has 3 rings (SSSR count). The number of aliphatic carboxylic acids is 1. The summed E-state index contributed by atoms with van der Waals surface area (Å²) < 4.78 is 5.36. The largest absolute Gasteiger partial charge is 0.481 e. The van der Waals surface area contributed by atoms with Crippen molar-refractivity contribution in [3.8, 4) is 0 Å². The molecular weight excluding hydrogens is 252 g/mol. The number of hydrogen-bond donors (Lipinski definition) is 1. The van der Waals surface area contributed by atoms with Gasteiger partial charge in [-0.3, -0.25) is 4.79 Å². The first-order valence-electron chi connectivity index (χ1n) is 6.24. The predicted octanol–water partition coefficient (Wildman–Crippen LogP) is 2.96. The zero-order valence-corrected chi connectivity index (χ0v) is 10.7. The van der Waals surface area contributed by atoms with Gasteiger partial charge in [-0.2, -0.15) is 0 Å². The van der Waals surface area contributed by atoms with Crippen molar-refractivity contribution in [3.05, 3.63) is 34.3 Å². The average molecular weight is 267 g/mol. The third-order valence-electron chi connectivity index (χ3n) is 4.08. The smallest absolute Gasteiger partial charge is 0.314 e. The molecule has 1 atom stereocenters. The number of hydrogen-bond acceptors (Lipinski definition) is 2. The molecule has 1 heterocycles. The zero-order chi connectivity index (χ0) is 12.8. The maximum atomic E-state index is 11.3. The van der Waals surface area contributed by atoms with Crippen LogP contribution in [0.2, 0.25) is 5.02 Å². The van der Waals surface area contributed by atoms with E-state index in [2.05, 4.69) is 0 Å². The SMILES string of the molecule is O=C(O)C1(c2ccc(C3CCOC3)c(Cl)c2)CC1. The molecule has 0 bridgehead atoms. The second kappa shape index (κ2) is 4.25. The first-order valence-corrected chi connectivity index (χ1v) is 6.62. The molecule has 0 amide bonds. The molecule has 0 aromatic heterocycles. The number of rotatable bonds is 3. The number of halogens is 1. The minimum absolute atomic E-state index is 0.353. The Balaban J connectivity index is 1.92. The molecule has 2 aliphatic rings. The first-order chi connectivity index (χ1) is 8.63. The van der Waals surface area contributed by atoms with Crippen LogP contribution in [-0.4, -0.2) is 24.3 Å². The highest BCUT2D eigenvalue weighted by Gasteiger charge is 2.51. The van der Waals surface area contributed by atoms with Gasteiger partial charge in [0.1, 0.15) is 0 Å². The second-order valence-corrected chi connectivity index (χ2v) is 5.59. The molecule has 0 radical (unpaired) electrons. The Morgan fingerprint density at radius 1 is 1.44 bits per heavy atom. The molecule has 1 aliphatic carbocycles. The van der Waals surface area contributed by atoms with Crippen LogP contribution >= 0.6 is 11.6 Å². The third kappa shape index (κ3) is 1.82. The summed E-state index contributed by atoms with van der Waals surface area (Å²) in [5.41, 5.74) is 1.25. The summed E-state index contributed by atoms with van der Waals surface area (Å²) >= 11 is 6.30. The van der Waals surface area contributed by atoms with Crippen LogP contribution in [0.5, 0.6) is 0 Å². The summed E-state index contributed by atoms with van der Waals surface area (Å²) in [5, 5.41) is 9.94. The van der Waals surface area contributed by atoms with Crippen LogP contribution in [0, 0.1) is 0 Å². The van der Waals surface area contributed by atoms with Gasteiger partial charge < -0.3 is 9.84 Å². The van der Waals surface area contributed by atoms with Gasteiger partial charge in [0.2, 0.25) is 0 Å². The highest BCUT2D eigenvalue weighted by atomic mass is 35.5. The minimum atomic E-state index is -0.740. The van der Waals surface area contributed by atoms with Crippen LogP contribution in [0.4, 0.5) is 0 Å². The Kier molecular flexibility index (Phi) is 2.83. The Morgan fingerprint density at radius 2 is 2.22 bits per heavy atom. The lowest BCUT2D eigenvalue weighted by molar-refractivity contribution is -0.140. The fourth-order valence-electron chi connectivity index (χ4n) is 2.69. The van der Waals surface area contributed by atoms with Gasteiger partial charge in [-0.25, -0.2) is 0 Å². The molecule has 1 saturated heterocycles. The monoisotopic (exact) mass is 266 g/mol.